The van der Waals surface area contributed by atoms with Crippen LogP contribution in [0.5, 0.6) is 0 Å². The second kappa shape index (κ2) is 9.03. The minimum atomic E-state index is -4.41. The van der Waals surface area contributed by atoms with Crippen molar-refractivity contribution in [3.8, 4) is 0 Å². The molecule has 0 radical (unpaired) electrons. The minimum Gasteiger partial charge on any atom is -0.726 e. The fourth-order valence-corrected chi connectivity index (χ4v) is 3.66. The van der Waals surface area contributed by atoms with Crippen LogP contribution in [0, 0.1) is 0 Å². The topological polar surface area (TPSA) is 82.6 Å². The summed E-state index contributed by atoms with van der Waals surface area (Å²) in [5.41, 5.74) is 1.29. The van der Waals surface area contributed by atoms with Crippen LogP contribution in [0.2, 0.25) is 0 Å². The van der Waals surface area contributed by atoms with E-state index in [9.17, 15) is 13.0 Å². The third-order valence-corrected chi connectivity index (χ3v) is 5.31. The van der Waals surface area contributed by atoms with Crippen LogP contribution in [0.25, 0.3) is 0 Å². The lowest BCUT2D eigenvalue weighted by atomic mass is 10.2. The van der Waals surface area contributed by atoms with Crippen LogP contribution in [-0.4, -0.2) is 63.8 Å². The Morgan fingerprint density at radius 2 is 1.78 bits per heavy atom. The average Bonchev–Trinajstić information content (AvgIpc) is 2.60. The number of aromatic nitrogens is 1. The molecule has 1 aromatic carbocycles. The number of nitrogens with zero attached hydrogens (tertiary/aromatic N) is 3. The van der Waals surface area contributed by atoms with Crippen molar-refractivity contribution in [2.75, 3.05) is 46.2 Å². The normalized spacial score (nSPS) is 13.3. The van der Waals surface area contributed by atoms with Gasteiger partial charge in [-0.25, -0.2) is 13.4 Å². The first-order valence-corrected chi connectivity index (χ1v) is 10.6. The van der Waals surface area contributed by atoms with Gasteiger partial charge in [0.2, 0.25) is 10.4 Å². The van der Waals surface area contributed by atoms with Gasteiger partial charge in [-0.2, -0.15) is 0 Å². The molecule has 1 aliphatic rings. The van der Waals surface area contributed by atoms with E-state index in [0.29, 0.717) is 0 Å². The van der Waals surface area contributed by atoms with Gasteiger partial charge in [0, 0.05) is 24.1 Å². The molecule has 0 N–H and O–H groups in total. The van der Waals surface area contributed by atoms with Crippen molar-refractivity contribution in [3.63, 3.8) is 0 Å². The molecule has 0 atom stereocenters. The molecule has 3 rings (SSSR count). The predicted molar refractivity (Wildman–Crippen MR) is 106 cm³/mol. The van der Waals surface area contributed by atoms with E-state index in [-0.39, 0.29) is 0 Å². The number of benzene rings is 1. The lowest BCUT2D eigenvalue weighted by Gasteiger charge is -2.32. The van der Waals surface area contributed by atoms with E-state index in [0.717, 1.165) is 36.9 Å². The maximum absolute atomic E-state index is 9.22. The van der Waals surface area contributed by atoms with Gasteiger partial charge in [-0.3, -0.25) is 4.18 Å². The highest BCUT2D eigenvalue weighted by Gasteiger charge is 2.24. The molecular weight excluding hydrogens is 386 g/mol. The summed E-state index contributed by atoms with van der Waals surface area (Å²) in [6, 6.07) is 12.8. The lowest BCUT2D eigenvalue weighted by Crippen LogP contribution is -2.37. The van der Waals surface area contributed by atoms with Crippen LogP contribution in [0.4, 0.5) is 11.5 Å². The summed E-state index contributed by atoms with van der Waals surface area (Å²) in [7, 11) is 3.12. The maximum Gasteiger partial charge on any atom is 0.217 e. The van der Waals surface area contributed by atoms with Crippen molar-refractivity contribution in [1.29, 1.82) is 0 Å². The first-order valence-electron chi connectivity index (χ1n) is 8.42. The molecule has 148 valence electrons. The number of anilines is 2. The monoisotopic (exact) mass is 411 g/mol. The zero-order chi connectivity index (χ0) is 20.1. The molecule has 1 aliphatic heterocycles. The third-order valence-electron chi connectivity index (χ3n) is 3.80. The van der Waals surface area contributed by atoms with Crippen LogP contribution in [-0.2, 0) is 14.6 Å². The van der Waals surface area contributed by atoms with Crippen LogP contribution >= 0.6 is 11.8 Å². The number of fused-ring (bicyclic) bond motifs is 2. The zero-order valence-electron chi connectivity index (χ0n) is 16.0. The van der Waals surface area contributed by atoms with Crippen molar-refractivity contribution in [3.05, 3.63) is 42.6 Å². The fraction of sp³-hybridized carbons (Fsp3) is 0.389. The van der Waals surface area contributed by atoms with E-state index in [4.69, 9.17) is 0 Å². The van der Waals surface area contributed by atoms with Crippen LogP contribution in [0.1, 0.15) is 6.42 Å². The highest BCUT2D eigenvalue weighted by atomic mass is 32.3. The van der Waals surface area contributed by atoms with Gasteiger partial charge in [0.05, 0.1) is 45.4 Å². The number of para-hydroxylation sites is 1. The molecule has 0 saturated heterocycles. The SMILES string of the molecule is COS(=O)(=O)[O-].C[N+](C)(C)CCCN1c2ccccc2Sc2cccnc21. The standard InChI is InChI=1S/C17H22N3S.CH4O4S/c1-20(2,3)13-7-12-19-14-8-4-5-9-15(14)21-16-10-6-11-18-17(16)19;1-5-6(2,3)4/h4-6,8-11H,7,12-13H2,1-3H3;1H3,(H,2,3,4)/q+1;/p-1. The molecular formula is C18H25N3O4S2. The molecule has 1 aromatic heterocycles. The van der Waals surface area contributed by atoms with Gasteiger partial charge in [-0.15, -0.1) is 0 Å². The minimum absolute atomic E-state index is 0.808. The molecule has 0 amide bonds. The van der Waals surface area contributed by atoms with Gasteiger partial charge < -0.3 is 13.9 Å². The Balaban J connectivity index is 0.000000380. The molecule has 0 aliphatic carbocycles. The van der Waals surface area contributed by atoms with E-state index >= 15 is 0 Å². The predicted octanol–water partition coefficient (Wildman–Crippen LogP) is 2.87. The Hall–Kier alpha value is -1.65. The van der Waals surface area contributed by atoms with Crippen LogP contribution in [0.15, 0.2) is 52.4 Å². The molecule has 0 bridgehead atoms. The Kier molecular flexibility index (Phi) is 7.24. The van der Waals surface area contributed by atoms with E-state index in [1.807, 2.05) is 24.0 Å². The Morgan fingerprint density at radius 1 is 1.15 bits per heavy atom. The Labute approximate surface area is 165 Å². The number of pyridine rings is 1. The van der Waals surface area contributed by atoms with E-state index in [1.54, 1.807) is 0 Å². The van der Waals surface area contributed by atoms with Crippen molar-refractivity contribution in [1.82, 2.24) is 4.98 Å². The second-order valence-corrected chi connectivity index (χ2v) is 9.22. The van der Waals surface area contributed by atoms with E-state index in [2.05, 4.69) is 65.5 Å². The number of hydrogen-bond acceptors (Lipinski definition) is 7. The van der Waals surface area contributed by atoms with Crippen molar-refractivity contribution < 1.29 is 21.6 Å². The summed E-state index contributed by atoms with van der Waals surface area (Å²) in [4.78, 5) is 9.56. The van der Waals surface area contributed by atoms with Gasteiger partial charge in [0.25, 0.3) is 0 Å². The number of quaternary nitrogens is 1. The Morgan fingerprint density at radius 3 is 2.41 bits per heavy atom. The molecule has 0 saturated carbocycles. The lowest BCUT2D eigenvalue weighted by molar-refractivity contribution is -0.870. The van der Waals surface area contributed by atoms with Crippen molar-refractivity contribution in [2.45, 2.75) is 16.2 Å². The molecule has 9 heteroatoms. The third kappa shape index (κ3) is 6.78. The average molecular weight is 412 g/mol. The number of rotatable bonds is 5. The Bertz CT molecular complexity index is 821. The van der Waals surface area contributed by atoms with Gasteiger partial charge >= 0.3 is 0 Å². The van der Waals surface area contributed by atoms with Crippen molar-refractivity contribution in [2.24, 2.45) is 0 Å². The van der Waals surface area contributed by atoms with Gasteiger partial charge in [0.15, 0.2) is 0 Å². The van der Waals surface area contributed by atoms with E-state index in [1.165, 1.54) is 15.5 Å². The molecule has 2 heterocycles. The smallest absolute Gasteiger partial charge is 0.217 e. The van der Waals surface area contributed by atoms with Gasteiger partial charge in [0.1, 0.15) is 5.82 Å². The van der Waals surface area contributed by atoms with Crippen molar-refractivity contribution >= 4 is 33.7 Å². The zero-order valence-corrected chi connectivity index (χ0v) is 17.6. The molecule has 7 nitrogen and oxygen atoms in total. The molecule has 0 unspecified atom stereocenters. The molecule has 2 aromatic rings. The van der Waals surface area contributed by atoms with Crippen LogP contribution in [0.3, 0.4) is 0 Å². The van der Waals surface area contributed by atoms with Gasteiger partial charge in [-0.1, -0.05) is 23.9 Å². The largest absolute Gasteiger partial charge is 0.726 e. The van der Waals surface area contributed by atoms with Gasteiger partial charge in [-0.05, 0) is 24.3 Å². The molecule has 27 heavy (non-hydrogen) atoms. The van der Waals surface area contributed by atoms with Crippen LogP contribution < -0.4 is 4.90 Å². The summed E-state index contributed by atoms with van der Waals surface area (Å²) < 4.78 is 32.0. The summed E-state index contributed by atoms with van der Waals surface area (Å²) in [5.74, 6) is 1.10. The second-order valence-electron chi connectivity index (χ2n) is 6.99. The molecule has 0 fully saturated rings. The summed E-state index contributed by atoms with van der Waals surface area (Å²) in [5, 5.41) is 0. The quantitative estimate of drug-likeness (QED) is 0.425. The first kappa shape index (κ1) is 21.6. The fourth-order valence-electron chi connectivity index (χ4n) is 2.59. The number of hydrogen-bond donors (Lipinski definition) is 0. The first-order chi connectivity index (χ1) is 12.6. The summed E-state index contributed by atoms with van der Waals surface area (Å²) in [6.45, 7) is 2.17. The summed E-state index contributed by atoms with van der Waals surface area (Å²) in [6.07, 6.45) is 3.04. The highest BCUT2D eigenvalue weighted by molar-refractivity contribution is 7.99. The van der Waals surface area contributed by atoms with E-state index < -0.39 is 10.4 Å². The summed E-state index contributed by atoms with van der Waals surface area (Å²) >= 11 is 1.82. The maximum atomic E-state index is 9.22. The molecule has 0 spiro atoms. The highest BCUT2D eigenvalue weighted by Crippen LogP contribution is 2.46.